The van der Waals surface area contributed by atoms with Crippen LogP contribution < -0.4 is 11.1 Å². The SMILES string of the molecule is CC1=CC=CC(C)(NC(=N)N)C1. The summed E-state index contributed by atoms with van der Waals surface area (Å²) in [6.07, 6.45) is 7.00. The van der Waals surface area contributed by atoms with E-state index >= 15 is 0 Å². The molecule has 4 N–H and O–H groups in total. The zero-order chi connectivity index (χ0) is 9.19. The summed E-state index contributed by atoms with van der Waals surface area (Å²) < 4.78 is 0. The molecule has 1 aliphatic carbocycles. The maximum absolute atomic E-state index is 7.13. The zero-order valence-electron chi connectivity index (χ0n) is 7.52. The minimum absolute atomic E-state index is 0.0249. The van der Waals surface area contributed by atoms with Crippen LogP contribution in [0.4, 0.5) is 0 Å². The van der Waals surface area contributed by atoms with Crippen LogP contribution in [0.2, 0.25) is 0 Å². The van der Waals surface area contributed by atoms with Crippen molar-refractivity contribution in [2.45, 2.75) is 25.8 Å². The fourth-order valence-corrected chi connectivity index (χ4v) is 1.52. The number of hydrogen-bond donors (Lipinski definition) is 3. The summed E-state index contributed by atoms with van der Waals surface area (Å²) in [5.74, 6) is 0.0249. The molecule has 66 valence electrons. The Balaban J connectivity index is 2.69. The Morgan fingerprint density at radius 1 is 1.75 bits per heavy atom. The number of nitrogens with one attached hydrogen (secondary N) is 2. The summed E-state index contributed by atoms with van der Waals surface area (Å²) in [5.41, 5.74) is 6.40. The number of rotatable bonds is 1. The molecule has 0 aromatic rings. The Bertz CT molecular complexity index is 248. The Morgan fingerprint density at radius 3 is 2.92 bits per heavy atom. The quantitative estimate of drug-likeness (QED) is 0.403. The van der Waals surface area contributed by atoms with Crippen LogP contribution in [0.5, 0.6) is 0 Å². The lowest BCUT2D eigenvalue weighted by Gasteiger charge is -2.30. The molecule has 0 heterocycles. The second-order valence-corrected chi connectivity index (χ2v) is 3.51. The van der Waals surface area contributed by atoms with Gasteiger partial charge in [-0.2, -0.15) is 0 Å². The van der Waals surface area contributed by atoms with Crippen LogP contribution >= 0.6 is 0 Å². The topological polar surface area (TPSA) is 61.9 Å². The van der Waals surface area contributed by atoms with Crippen LogP contribution in [0.3, 0.4) is 0 Å². The van der Waals surface area contributed by atoms with Gasteiger partial charge in [-0.15, -0.1) is 0 Å². The minimum atomic E-state index is -0.176. The van der Waals surface area contributed by atoms with Crippen molar-refractivity contribution in [1.82, 2.24) is 5.32 Å². The van der Waals surface area contributed by atoms with Crippen molar-refractivity contribution in [3.63, 3.8) is 0 Å². The summed E-state index contributed by atoms with van der Waals surface area (Å²) in [5, 5.41) is 10.1. The highest BCUT2D eigenvalue weighted by Gasteiger charge is 2.22. The summed E-state index contributed by atoms with van der Waals surface area (Å²) in [6, 6.07) is 0. The van der Waals surface area contributed by atoms with Crippen LogP contribution in [0.15, 0.2) is 23.8 Å². The highest BCUT2D eigenvalue weighted by atomic mass is 15.1. The van der Waals surface area contributed by atoms with Crippen molar-refractivity contribution in [2.75, 3.05) is 0 Å². The van der Waals surface area contributed by atoms with E-state index in [1.54, 1.807) is 0 Å². The first kappa shape index (κ1) is 8.84. The first-order chi connectivity index (χ1) is 5.52. The average molecular weight is 165 g/mol. The van der Waals surface area contributed by atoms with E-state index in [-0.39, 0.29) is 11.5 Å². The predicted octanol–water partition coefficient (Wildman–Crippen LogP) is 1.13. The molecule has 0 saturated carbocycles. The molecule has 0 aromatic heterocycles. The molecule has 0 spiro atoms. The van der Waals surface area contributed by atoms with Gasteiger partial charge in [-0.25, -0.2) is 0 Å². The Hall–Kier alpha value is -1.25. The maximum atomic E-state index is 7.13. The second kappa shape index (κ2) is 3.01. The molecule has 3 nitrogen and oxygen atoms in total. The van der Waals surface area contributed by atoms with Crippen molar-refractivity contribution in [2.24, 2.45) is 5.73 Å². The van der Waals surface area contributed by atoms with Crippen LogP contribution in [0, 0.1) is 5.41 Å². The van der Waals surface area contributed by atoms with Gasteiger partial charge < -0.3 is 11.1 Å². The molecule has 0 radical (unpaired) electrons. The highest BCUT2D eigenvalue weighted by Crippen LogP contribution is 2.21. The fraction of sp³-hybridized carbons (Fsp3) is 0.444. The standard InChI is InChI=1S/C9H15N3/c1-7-4-3-5-9(2,6-7)12-8(10)11/h3-5H,6H2,1-2H3,(H4,10,11,12). The highest BCUT2D eigenvalue weighted by molar-refractivity contribution is 5.75. The normalized spacial score (nSPS) is 28.0. The molecular formula is C9H15N3. The third-order valence-electron chi connectivity index (χ3n) is 1.91. The summed E-state index contributed by atoms with van der Waals surface area (Å²) in [7, 11) is 0. The minimum Gasteiger partial charge on any atom is -0.370 e. The number of guanidine groups is 1. The summed E-state index contributed by atoms with van der Waals surface area (Å²) >= 11 is 0. The molecular weight excluding hydrogens is 150 g/mol. The molecule has 3 heteroatoms. The van der Waals surface area contributed by atoms with E-state index in [1.165, 1.54) is 5.57 Å². The van der Waals surface area contributed by atoms with Crippen LogP contribution in [-0.4, -0.2) is 11.5 Å². The third-order valence-corrected chi connectivity index (χ3v) is 1.91. The average Bonchev–Trinajstić information content (AvgIpc) is 1.82. The van der Waals surface area contributed by atoms with Crippen LogP contribution in [0.1, 0.15) is 20.3 Å². The lowest BCUT2D eigenvalue weighted by atomic mass is 9.89. The lowest BCUT2D eigenvalue weighted by molar-refractivity contribution is 0.506. The molecule has 0 aromatic carbocycles. The van der Waals surface area contributed by atoms with E-state index in [4.69, 9.17) is 11.1 Å². The summed E-state index contributed by atoms with van der Waals surface area (Å²) in [6.45, 7) is 4.10. The Labute approximate surface area is 72.8 Å². The van der Waals surface area contributed by atoms with Gasteiger partial charge in [-0.1, -0.05) is 23.8 Å². The molecule has 0 saturated heterocycles. The molecule has 0 bridgehead atoms. The zero-order valence-corrected chi connectivity index (χ0v) is 7.52. The van der Waals surface area contributed by atoms with Gasteiger partial charge in [-0.3, -0.25) is 5.41 Å². The molecule has 1 aliphatic rings. The van der Waals surface area contributed by atoms with Gasteiger partial charge in [0.25, 0.3) is 0 Å². The Morgan fingerprint density at radius 2 is 2.42 bits per heavy atom. The third kappa shape index (κ3) is 2.12. The van der Waals surface area contributed by atoms with Crippen LogP contribution in [0.25, 0.3) is 0 Å². The predicted molar refractivity (Wildman–Crippen MR) is 51.0 cm³/mol. The molecule has 1 unspecified atom stereocenters. The van der Waals surface area contributed by atoms with Crippen LogP contribution in [-0.2, 0) is 0 Å². The monoisotopic (exact) mass is 165 g/mol. The largest absolute Gasteiger partial charge is 0.370 e. The first-order valence-electron chi connectivity index (χ1n) is 3.99. The molecule has 0 amide bonds. The van der Waals surface area contributed by atoms with Crippen molar-refractivity contribution in [1.29, 1.82) is 5.41 Å². The smallest absolute Gasteiger partial charge is 0.186 e. The number of hydrogen-bond acceptors (Lipinski definition) is 1. The van der Waals surface area contributed by atoms with Gasteiger partial charge in [0.1, 0.15) is 0 Å². The van der Waals surface area contributed by atoms with Crippen molar-refractivity contribution in [3.8, 4) is 0 Å². The first-order valence-corrected chi connectivity index (χ1v) is 3.99. The molecule has 0 fully saturated rings. The second-order valence-electron chi connectivity index (χ2n) is 3.51. The van der Waals surface area contributed by atoms with E-state index in [0.29, 0.717) is 0 Å². The van der Waals surface area contributed by atoms with Crippen molar-refractivity contribution in [3.05, 3.63) is 23.8 Å². The van der Waals surface area contributed by atoms with E-state index < -0.39 is 0 Å². The Kier molecular flexibility index (Phi) is 2.22. The fourth-order valence-electron chi connectivity index (χ4n) is 1.52. The van der Waals surface area contributed by atoms with E-state index in [0.717, 1.165) is 6.42 Å². The van der Waals surface area contributed by atoms with Gasteiger partial charge in [-0.05, 0) is 20.3 Å². The molecule has 1 rings (SSSR count). The molecule has 0 aliphatic heterocycles. The van der Waals surface area contributed by atoms with Gasteiger partial charge >= 0.3 is 0 Å². The van der Waals surface area contributed by atoms with Gasteiger partial charge in [0.05, 0.1) is 5.54 Å². The van der Waals surface area contributed by atoms with E-state index in [2.05, 4.69) is 18.3 Å². The molecule has 12 heavy (non-hydrogen) atoms. The maximum Gasteiger partial charge on any atom is 0.186 e. The van der Waals surface area contributed by atoms with Crippen molar-refractivity contribution < 1.29 is 0 Å². The van der Waals surface area contributed by atoms with E-state index in [9.17, 15) is 0 Å². The van der Waals surface area contributed by atoms with Crippen molar-refractivity contribution >= 4 is 5.96 Å². The lowest BCUT2D eigenvalue weighted by Crippen LogP contribution is -2.48. The van der Waals surface area contributed by atoms with E-state index in [1.807, 2.05) is 19.1 Å². The van der Waals surface area contributed by atoms with Gasteiger partial charge in [0, 0.05) is 0 Å². The number of nitrogens with two attached hydrogens (primary N) is 1. The summed E-state index contributed by atoms with van der Waals surface area (Å²) in [4.78, 5) is 0. The molecule has 1 atom stereocenters. The van der Waals surface area contributed by atoms with Gasteiger partial charge in [0.2, 0.25) is 0 Å². The van der Waals surface area contributed by atoms with Gasteiger partial charge in [0.15, 0.2) is 5.96 Å². The number of allylic oxidation sites excluding steroid dienone is 2.